The summed E-state index contributed by atoms with van der Waals surface area (Å²) in [6.45, 7) is 0. The highest BCUT2D eigenvalue weighted by molar-refractivity contribution is 5.96. The molecule has 0 spiro atoms. The fourth-order valence-electron chi connectivity index (χ4n) is 3.88. The third-order valence-corrected chi connectivity index (χ3v) is 5.28. The van der Waals surface area contributed by atoms with Crippen LogP contribution in [-0.2, 0) is 14.1 Å². The highest BCUT2D eigenvalue weighted by atomic mass is 15.0. The highest BCUT2D eigenvalue weighted by Gasteiger charge is 2.19. The lowest BCUT2D eigenvalue weighted by molar-refractivity contribution is -0.662. The van der Waals surface area contributed by atoms with Crippen LogP contribution in [0.5, 0.6) is 0 Å². The molecular formula is C24H20N3+. The highest BCUT2D eigenvalue weighted by Crippen LogP contribution is 2.31. The minimum Gasteiger partial charge on any atom is -0.341 e. The van der Waals surface area contributed by atoms with E-state index in [1.807, 2.05) is 12.4 Å². The van der Waals surface area contributed by atoms with Crippen molar-refractivity contribution in [3.8, 4) is 22.5 Å². The molecule has 0 amide bonds. The van der Waals surface area contributed by atoms with Crippen LogP contribution < -0.4 is 4.57 Å². The summed E-state index contributed by atoms with van der Waals surface area (Å²) in [6.07, 6.45) is 1.90. The van der Waals surface area contributed by atoms with Gasteiger partial charge in [0.25, 0.3) is 6.33 Å². The van der Waals surface area contributed by atoms with Crippen molar-refractivity contribution in [1.82, 2.24) is 9.55 Å². The maximum atomic E-state index is 4.64. The zero-order valence-corrected chi connectivity index (χ0v) is 15.4. The summed E-state index contributed by atoms with van der Waals surface area (Å²) in [7, 11) is 4.19. The maximum Gasteiger partial charge on any atom is 0.287 e. The van der Waals surface area contributed by atoms with Gasteiger partial charge in [0.05, 0.1) is 18.1 Å². The monoisotopic (exact) mass is 350 g/mol. The van der Waals surface area contributed by atoms with Crippen molar-refractivity contribution in [2.24, 2.45) is 14.1 Å². The van der Waals surface area contributed by atoms with Gasteiger partial charge in [0.15, 0.2) is 11.2 Å². The summed E-state index contributed by atoms with van der Waals surface area (Å²) in [5.74, 6) is 0. The van der Waals surface area contributed by atoms with Crippen LogP contribution in [0.1, 0.15) is 0 Å². The molecule has 2 aromatic heterocycles. The lowest BCUT2D eigenvalue weighted by atomic mass is 10.0. The van der Waals surface area contributed by atoms with E-state index < -0.39 is 0 Å². The van der Waals surface area contributed by atoms with E-state index in [2.05, 4.69) is 101 Å². The van der Waals surface area contributed by atoms with E-state index in [0.717, 1.165) is 10.9 Å². The number of fused-ring (bicyclic) bond motifs is 2. The summed E-state index contributed by atoms with van der Waals surface area (Å²) in [5.41, 5.74) is 7.03. The van der Waals surface area contributed by atoms with Gasteiger partial charge in [0.1, 0.15) is 0 Å². The molecule has 0 radical (unpaired) electrons. The number of para-hydroxylation sites is 1. The predicted octanol–water partition coefficient (Wildman–Crippen LogP) is 4.89. The quantitative estimate of drug-likeness (QED) is 0.416. The molecule has 0 N–H and O–H groups in total. The van der Waals surface area contributed by atoms with Crippen LogP contribution in [0.15, 0.2) is 85.2 Å². The summed E-state index contributed by atoms with van der Waals surface area (Å²) in [6, 6.07) is 27.8. The number of rotatable bonds is 2. The molecule has 27 heavy (non-hydrogen) atoms. The summed E-state index contributed by atoms with van der Waals surface area (Å²) in [4.78, 5) is 4.64. The Labute approximate surface area is 158 Å². The Morgan fingerprint density at radius 3 is 2.41 bits per heavy atom. The Balaban J connectivity index is 1.82. The number of aryl methyl sites for hydroxylation is 2. The minimum absolute atomic E-state index is 1.01. The first-order valence-electron chi connectivity index (χ1n) is 9.11. The molecule has 3 aromatic carbocycles. The van der Waals surface area contributed by atoms with E-state index in [1.54, 1.807) is 0 Å². The van der Waals surface area contributed by atoms with Crippen LogP contribution >= 0.6 is 0 Å². The smallest absolute Gasteiger partial charge is 0.287 e. The van der Waals surface area contributed by atoms with Crippen LogP contribution in [-0.4, -0.2) is 9.55 Å². The van der Waals surface area contributed by atoms with Crippen molar-refractivity contribution >= 4 is 21.8 Å². The standard InChI is InChI=1S/C24H20N3/c1-26-16-25-21-13-12-18(17-8-4-3-5-9-17)14-20(21)24(26)23-15-19-10-6-7-11-22(19)27(23)2/h3-16H,1-2H3/q+1. The van der Waals surface area contributed by atoms with E-state index >= 15 is 0 Å². The first-order chi connectivity index (χ1) is 13.2. The minimum atomic E-state index is 1.01. The molecule has 5 rings (SSSR count). The van der Waals surface area contributed by atoms with Gasteiger partial charge in [0.2, 0.25) is 0 Å². The molecule has 130 valence electrons. The predicted molar refractivity (Wildman–Crippen MR) is 110 cm³/mol. The van der Waals surface area contributed by atoms with Crippen molar-refractivity contribution in [3.05, 3.63) is 85.2 Å². The third kappa shape index (κ3) is 2.51. The van der Waals surface area contributed by atoms with Gasteiger partial charge in [-0.05, 0) is 46.4 Å². The number of aromatic nitrogens is 3. The number of benzene rings is 3. The zero-order valence-electron chi connectivity index (χ0n) is 15.4. The molecule has 5 aromatic rings. The molecule has 3 heteroatoms. The lowest BCUT2D eigenvalue weighted by Gasteiger charge is -2.09. The number of hydrogen-bond donors (Lipinski definition) is 0. The lowest BCUT2D eigenvalue weighted by Crippen LogP contribution is -2.32. The Bertz CT molecular complexity index is 1280. The first-order valence-corrected chi connectivity index (χ1v) is 9.11. The maximum absolute atomic E-state index is 4.64. The van der Waals surface area contributed by atoms with Crippen molar-refractivity contribution in [2.75, 3.05) is 0 Å². The normalized spacial score (nSPS) is 11.3. The SMILES string of the molecule is Cn1c(-c2c3cc(-c4ccccc4)ccc3nc[n+]2C)cc2ccccc21. The van der Waals surface area contributed by atoms with E-state index in [9.17, 15) is 0 Å². The van der Waals surface area contributed by atoms with Crippen molar-refractivity contribution in [2.45, 2.75) is 0 Å². The van der Waals surface area contributed by atoms with Crippen molar-refractivity contribution in [1.29, 1.82) is 0 Å². The van der Waals surface area contributed by atoms with Crippen LogP contribution in [0.25, 0.3) is 44.3 Å². The van der Waals surface area contributed by atoms with Crippen LogP contribution in [0.3, 0.4) is 0 Å². The van der Waals surface area contributed by atoms with E-state index in [1.165, 1.54) is 33.4 Å². The molecule has 0 aliphatic rings. The van der Waals surface area contributed by atoms with Crippen molar-refractivity contribution in [3.63, 3.8) is 0 Å². The molecule has 0 unspecified atom stereocenters. The molecule has 0 saturated heterocycles. The Morgan fingerprint density at radius 1 is 0.815 bits per heavy atom. The number of nitrogens with zero attached hydrogens (tertiary/aromatic N) is 3. The van der Waals surface area contributed by atoms with Crippen LogP contribution in [0, 0.1) is 0 Å². The topological polar surface area (TPSA) is 21.7 Å². The second-order valence-corrected chi connectivity index (χ2v) is 6.95. The molecule has 2 heterocycles. The third-order valence-electron chi connectivity index (χ3n) is 5.28. The zero-order chi connectivity index (χ0) is 18.4. The second kappa shape index (κ2) is 6.06. The van der Waals surface area contributed by atoms with Gasteiger partial charge in [-0.15, -0.1) is 0 Å². The molecule has 0 bridgehead atoms. The van der Waals surface area contributed by atoms with Gasteiger partial charge < -0.3 is 4.57 Å². The van der Waals surface area contributed by atoms with Crippen LogP contribution in [0.2, 0.25) is 0 Å². The van der Waals surface area contributed by atoms with E-state index in [4.69, 9.17) is 0 Å². The molecule has 0 aliphatic heterocycles. The van der Waals surface area contributed by atoms with Gasteiger partial charge in [0, 0.05) is 18.0 Å². The van der Waals surface area contributed by atoms with Gasteiger partial charge in [-0.3, -0.25) is 0 Å². The molecule has 3 nitrogen and oxygen atoms in total. The largest absolute Gasteiger partial charge is 0.341 e. The first kappa shape index (κ1) is 15.8. The average Bonchev–Trinajstić information content (AvgIpc) is 3.04. The average molecular weight is 350 g/mol. The molecule has 0 saturated carbocycles. The molecule has 0 fully saturated rings. The van der Waals surface area contributed by atoms with Gasteiger partial charge in [-0.2, -0.15) is 0 Å². The molecule has 0 atom stereocenters. The Hall–Kier alpha value is -3.46. The van der Waals surface area contributed by atoms with E-state index in [0.29, 0.717) is 0 Å². The second-order valence-electron chi connectivity index (χ2n) is 6.95. The van der Waals surface area contributed by atoms with Crippen LogP contribution in [0.4, 0.5) is 0 Å². The summed E-state index contributed by atoms with van der Waals surface area (Å²) in [5, 5.41) is 2.41. The fourth-order valence-corrected chi connectivity index (χ4v) is 3.88. The van der Waals surface area contributed by atoms with Crippen molar-refractivity contribution < 1.29 is 4.57 Å². The molecular weight excluding hydrogens is 330 g/mol. The summed E-state index contributed by atoms with van der Waals surface area (Å²) >= 11 is 0. The Morgan fingerprint density at radius 2 is 1.59 bits per heavy atom. The number of hydrogen-bond acceptors (Lipinski definition) is 1. The summed E-state index contributed by atoms with van der Waals surface area (Å²) < 4.78 is 4.38. The van der Waals surface area contributed by atoms with Gasteiger partial charge >= 0.3 is 0 Å². The van der Waals surface area contributed by atoms with Gasteiger partial charge in [-0.1, -0.05) is 48.5 Å². The fraction of sp³-hybridized carbons (Fsp3) is 0.0833. The Kier molecular flexibility index (Phi) is 3.54. The van der Waals surface area contributed by atoms with E-state index in [-0.39, 0.29) is 0 Å². The van der Waals surface area contributed by atoms with Gasteiger partial charge in [-0.25, -0.2) is 4.57 Å². The molecule has 0 aliphatic carbocycles.